The second-order valence-corrected chi connectivity index (χ2v) is 8.77. The number of imide groups is 1. The normalized spacial score (nSPS) is 20.2. The number of rotatable bonds is 5. The Morgan fingerprint density at radius 1 is 1.34 bits per heavy atom. The van der Waals surface area contributed by atoms with E-state index in [4.69, 9.17) is 21.6 Å². The Labute approximate surface area is 192 Å². The molecule has 3 heterocycles. The Morgan fingerprint density at radius 3 is 2.81 bits per heavy atom. The van der Waals surface area contributed by atoms with Gasteiger partial charge in [-0.25, -0.2) is 14.1 Å². The van der Waals surface area contributed by atoms with Gasteiger partial charge in [0, 0.05) is 17.0 Å². The van der Waals surface area contributed by atoms with Crippen molar-refractivity contribution in [3.05, 3.63) is 52.4 Å². The van der Waals surface area contributed by atoms with Crippen molar-refractivity contribution in [2.24, 2.45) is 0 Å². The number of aromatic nitrogens is 2. The molecule has 2 aliphatic heterocycles. The predicted molar refractivity (Wildman–Crippen MR) is 118 cm³/mol. The number of ether oxygens (including phenoxy) is 1. The van der Waals surface area contributed by atoms with E-state index in [1.54, 1.807) is 19.1 Å². The number of urea groups is 1. The number of carbonyl (C=O) groups excluding carboxylic acids is 2. The van der Waals surface area contributed by atoms with Gasteiger partial charge in [0.15, 0.2) is 17.4 Å². The smallest absolute Gasteiger partial charge is 0.333 e. The maximum Gasteiger partial charge on any atom is 0.333 e. The van der Waals surface area contributed by atoms with Gasteiger partial charge in [0.2, 0.25) is 0 Å². The molecule has 32 heavy (non-hydrogen) atoms. The van der Waals surface area contributed by atoms with E-state index in [0.29, 0.717) is 10.5 Å². The minimum Gasteiger partial charge on any atom is -0.494 e. The molecule has 0 N–H and O–H groups in total. The van der Waals surface area contributed by atoms with Crippen molar-refractivity contribution < 1.29 is 18.7 Å². The summed E-state index contributed by atoms with van der Waals surface area (Å²) < 4.78 is 19.1. The quantitative estimate of drug-likeness (QED) is 0.651. The van der Waals surface area contributed by atoms with E-state index in [-0.39, 0.29) is 29.6 Å². The number of hydrogen-bond donors (Lipinski definition) is 0. The van der Waals surface area contributed by atoms with E-state index in [2.05, 4.69) is 10.2 Å². The molecular weight excluding hydrogens is 457 g/mol. The van der Waals surface area contributed by atoms with Crippen LogP contribution in [0.25, 0.3) is 4.91 Å². The summed E-state index contributed by atoms with van der Waals surface area (Å²) in [5.74, 6) is -0.917. The SMILES string of the molecule is COc1cc(C2=CC3C(S2)C(=O)N(c2cc(C)cnn2)C(=O)N3CCC#N)c(Cl)cc1F. The molecular formula is C21H17ClFN5O3S. The standard InChI is InChI=1S/C21H17ClFN5O3S/c1-11-6-18(26-25-10-11)28-20(29)19-15(27(21(28)30)5-3-4-24)9-17(32-19)12-7-16(31-2)14(23)8-13(12)22/h6-10,15,19H,3,5H2,1-2H3. The van der Waals surface area contributed by atoms with E-state index in [0.717, 1.165) is 16.5 Å². The summed E-state index contributed by atoms with van der Waals surface area (Å²) in [6.45, 7) is 1.91. The second-order valence-electron chi connectivity index (χ2n) is 7.18. The third-order valence-electron chi connectivity index (χ3n) is 5.13. The Bertz CT molecular complexity index is 1180. The van der Waals surface area contributed by atoms with Crippen LogP contribution in [0, 0.1) is 24.1 Å². The summed E-state index contributed by atoms with van der Waals surface area (Å²) in [6, 6.07) is 5.07. The van der Waals surface area contributed by atoms with Gasteiger partial charge in [0.1, 0.15) is 5.25 Å². The molecule has 8 nitrogen and oxygen atoms in total. The predicted octanol–water partition coefficient (Wildman–Crippen LogP) is 3.79. The van der Waals surface area contributed by atoms with Crippen LogP contribution >= 0.6 is 23.4 Å². The number of amides is 3. The van der Waals surface area contributed by atoms with Gasteiger partial charge in [-0.1, -0.05) is 11.6 Å². The monoisotopic (exact) mass is 473 g/mol. The summed E-state index contributed by atoms with van der Waals surface area (Å²) in [5.41, 5.74) is 1.23. The number of nitriles is 1. The summed E-state index contributed by atoms with van der Waals surface area (Å²) in [4.78, 5) is 29.7. The molecule has 0 bridgehead atoms. The van der Waals surface area contributed by atoms with Gasteiger partial charge in [-0.2, -0.15) is 10.4 Å². The van der Waals surface area contributed by atoms with Crippen LogP contribution in [0.2, 0.25) is 5.02 Å². The van der Waals surface area contributed by atoms with Crippen LogP contribution in [-0.4, -0.2) is 52.0 Å². The number of hydrogen-bond acceptors (Lipinski definition) is 7. The van der Waals surface area contributed by atoms with Crippen molar-refractivity contribution in [3.8, 4) is 11.8 Å². The number of aryl methyl sites for hydroxylation is 1. The number of benzene rings is 1. The van der Waals surface area contributed by atoms with Crippen molar-refractivity contribution in [2.75, 3.05) is 18.6 Å². The number of anilines is 1. The maximum absolute atomic E-state index is 14.0. The van der Waals surface area contributed by atoms with Crippen LogP contribution in [0.4, 0.5) is 15.0 Å². The third kappa shape index (κ3) is 3.78. The van der Waals surface area contributed by atoms with Gasteiger partial charge in [0.05, 0.1) is 36.9 Å². The van der Waals surface area contributed by atoms with Crippen LogP contribution in [-0.2, 0) is 4.79 Å². The average molecular weight is 474 g/mol. The molecule has 2 unspecified atom stereocenters. The number of fused-ring (bicyclic) bond motifs is 1. The molecule has 164 valence electrons. The molecule has 3 amide bonds. The first kappa shape index (κ1) is 22.0. The molecule has 0 aliphatic carbocycles. The van der Waals surface area contributed by atoms with Gasteiger partial charge >= 0.3 is 6.03 Å². The highest BCUT2D eigenvalue weighted by Crippen LogP contribution is 2.47. The molecule has 0 saturated carbocycles. The van der Waals surface area contributed by atoms with Crippen LogP contribution in [0.15, 0.2) is 30.5 Å². The third-order valence-corrected chi connectivity index (χ3v) is 6.78. The zero-order chi connectivity index (χ0) is 23.0. The summed E-state index contributed by atoms with van der Waals surface area (Å²) in [5, 5.41) is 16.3. The lowest BCUT2D eigenvalue weighted by Gasteiger charge is -2.40. The van der Waals surface area contributed by atoms with E-state index < -0.39 is 29.0 Å². The van der Waals surface area contributed by atoms with Crippen LogP contribution in [0.1, 0.15) is 17.5 Å². The van der Waals surface area contributed by atoms with Crippen molar-refractivity contribution >= 4 is 46.0 Å². The van der Waals surface area contributed by atoms with E-state index in [9.17, 15) is 14.0 Å². The number of halogens is 2. The fraction of sp³-hybridized carbons (Fsp3) is 0.286. The van der Waals surface area contributed by atoms with Gasteiger partial charge in [-0.3, -0.25) is 4.79 Å². The van der Waals surface area contributed by atoms with Gasteiger partial charge in [-0.15, -0.1) is 16.9 Å². The van der Waals surface area contributed by atoms with Crippen LogP contribution in [0.5, 0.6) is 5.75 Å². The molecule has 11 heteroatoms. The van der Waals surface area contributed by atoms with Crippen LogP contribution in [0.3, 0.4) is 0 Å². The molecule has 0 spiro atoms. The first-order valence-electron chi connectivity index (χ1n) is 9.58. The van der Waals surface area contributed by atoms with Crippen molar-refractivity contribution in [2.45, 2.75) is 24.6 Å². The lowest BCUT2D eigenvalue weighted by molar-refractivity contribution is -0.119. The molecule has 1 aromatic heterocycles. The lowest BCUT2D eigenvalue weighted by Crippen LogP contribution is -2.62. The van der Waals surface area contributed by atoms with Crippen molar-refractivity contribution in [3.63, 3.8) is 0 Å². The summed E-state index contributed by atoms with van der Waals surface area (Å²) >= 11 is 7.50. The van der Waals surface area contributed by atoms with Gasteiger partial charge in [-0.05, 0) is 36.8 Å². The molecule has 4 rings (SSSR count). The minimum absolute atomic E-state index is 0.0150. The average Bonchev–Trinajstić information content (AvgIpc) is 3.19. The molecule has 0 radical (unpaired) electrons. The Balaban J connectivity index is 1.75. The molecule has 2 atom stereocenters. The lowest BCUT2D eigenvalue weighted by atomic mass is 10.0. The maximum atomic E-state index is 14.0. The van der Waals surface area contributed by atoms with Crippen LogP contribution < -0.4 is 9.64 Å². The zero-order valence-corrected chi connectivity index (χ0v) is 18.7. The first-order chi connectivity index (χ1) is 15.3. The highest BCUT2D eigenvalue weighted by Gasteiger charge is 2.50. The van der Waals surface area contributed by atoms with Crippen molar-refractivity contribution in [1.82, 2.24) is 15.1 Å². The summed E-state index contributed by atoms with van der Waals surface area (Å²) in [7, 11) is 1.35. The minimum atomic E-state index is -0.684. The first-order valence-corrected chi connectivity index (χ1v) is 10.8. The number of carbonyl (C=O) groups is 2. The second kappa shape index (κ2) is 8.76. The Morgan fingerprint density at radius 2 is 2.12 bits per heavy atom. The highest BCUT2D eigenvalue weighted by atomic mass is 35.5. The highest BCUT2D eigenvalue weighted by molar-refractivity contribution is 8.09. The van der Waals surface area contributed by atoms with E-state index in [1.807, 2.05) is 6.07 Å². The fourth-order valence-electron chi connectivity index (χ4n) is 3.63. The number of nitrogens with zero attached hydrogens (tertiary/aromatic N) is 5. The van der Waals surface area contributed by atoms with Gasteiger partial charge in [0.25, 0.3) is 5.91 Å². The van der Waals surface area contributed by atoms with E-state index >= 15 is 0 Å². The molecule has 1 fully saturated rings. The summed E-state index contributed by atoms with van der Waals surface area (Å²) in [6.07, 6.45) is 3.36. The molecule has 1 saturated heterocycles. The molecule has 1 aromatic carbocycles. The Hall–Kier alpha value is -3.16. The molecule has 2 aromatic rings. The van der Waals surface area contributed by atoms with Crippen molar-refractivity contribution in [1.29, 1.82) is 5.26 Å². The topological polar surface area (TPSA) is 99.4 Å². The molecule has 2 aliphatic rings. The Kier molecular flexibility index (Phi) is 6.04. The fourth-order valence-corrected chi connectivity index (χ4v) is 5.29. The number of methoxy groups -OCH3 is 1. The number of thioether (sulfide) groups is 1. The van der Waals surface area contributed by atoms with Gasteiger partial charge < -0.3 is 9.64 Å². The largest absolute Gasteiger partial charge is 0.494 e. The van der Waals surface area contributed by atoms with E-state index in [1.165, 1.54) is 36.0 Å². The zero-order valence-electron chi connectivity index (χ0n) is 17.1.